The molecule has 116 valence electrons. The van der Waals surface area contributed by atoms with E-state index < -0.39 is 10.5 Å². The Morgan fingerprint density at radius 1 is 1.32 bits per heavy atom. The predicted octanol–water partition coefficient (Wildman–Crippen LogP) is 2.03. The fraction of sp³-hybridized carbons (Fsp3) is 0.333. The fourth-order valence-corrected chi connectivity index (χ4v) is 2.11. The highest BCUT2D eigenvalue weighted by molar-refractivity contribution is 5.61. The van der Waals surface area contributed by atoms with Crippen LogP contribution in [-0.4, -0.2) is 14.7 Å². The van der Waals surface area contributed by atoms with Crippen molar-refractivity contribution in [2.24, 2.45) is 5.73 Å². The second-order valence-electron chi connectivity index (χ2n) is 5.59. The Kier molecular flexibility index (Phi) is 4.09. The van der Waals surface area contributed by atoms with Crippen molar-refractivity contribution in [3.63, 3.8) is 0 Å². The first-order chi connectivity index (χ1) is 10.2. The molecule has 2 rings (SSSR count). The van der Waals surface area contributed by atoms with Gasteiger partial charge in [0.2, 0.25) is 0 Å². The molecular formula is C15H18N4O3. The molecule has 2 N–H and O–H groups in total. The maximum Gasteiger partial charge on any atom is 0.271 e. The molecule has 0 fully saturated rings. The molecule has 0 aliphatic carbocycles. The van der Waals surface area contributed by atoms with Crippen LogP contribution in [0.3, 0.4) is 0 Å². The second-order valence-corrected chi connectivity index (χ2v) is 5.59. The molecule has 0 saturated carbocycles. The van der Waals surface area contributed by atoms with Gasteiger partial charge in [0.15, 0.2) is 0 Å². The van der Waals surface area contributed by atoms with Gasteiger partial charge in [-0.25, -0.2) is 4.68 Å². The number of hydrogen-bond acceptors (Lipinski definition) is 5. The van der Waals surface area contributed by atoms with Crippen molar-refractivity contribution in [3.8, 4) is 11.3 Å². The summed E-state index contributed by atoms with van der Waals surface area (Å²) in [5, 5.41) is 15.0. The zero-order valence-corrected chi connectivity index (χ0v) is 12.7. The first-order valence-corrected chi connectivity index (χ1v) is 6.90. The molecule has 0 amide bonds. The fourth-order valence-electron chi connectivity index (χ4n) is 2.11. The Morgan fingerprint density at radius 3 is 2.36 bits per heavy atom. The molecule has 0 radical (unpaired) electrons. The van der Waals surface area contributed by atoms with Crippen LogP contribution in [0.4, 0.5) is 5.69 Å². The maximum atomic E-state index is 12.3. The molecule has 2 aromatic rings. The number of nitro groups is 1. The lowest BCUT2D eigenvalue weighted by atomic mass is 9.96. The molecule has 0 bridgehead atoms. The topological polar surface area (TPSA) is 104 Å². The summed E-state index contributed by atoms with van der Waals surface area (Å²) in [5.74, 6) is 0. The van der Waals surface area contributed by atoms with E-state index >= 15 is 0 Å². The van der Waals surface area contributed by atoms with Crippen molar-refractivity contribution in [3.05, 3.63) is 56.4 Å². The summed E-state index contributed by atoms with van der Waals surface area (Å²) in [6.07, 6.45) is 0. The Bertz CT molecular complexity index is 758. The lowest BCUT2D eigenvalue weighted by Crippen LogP contribution is -2.39. The number of nitrogens with two attached hydrogens (primary N) is 1. The number of benzene rings is 1. The van der Waals surface area contributed by atoms with E-state index in [2.05, 4.69) is 5.10 Å². The normalized spacial score (nSPS) is 11.5. The highest BCUT2D eigenvalue weighted by Crippen LogP contribution is 2.23. The van der Waals surface area contributed by atoms with Crippen LogP contribution in [0.2, 0.25) is 0 Å². The summed E-state index contributed by atoms with van der Waals surface area (Å²) >= 11 is 0. The number of nitro benzene ring substituents is 1. The van der Waals surface area contributed by atoms with E-state index in [9.17, 15) is 14.9 Å². The average Bonchev–Trinajstić information content (AvgIpc) is 2.46. The standard InChI is InChI=1S/C15H18N4O3/c1-4-18-14(20)12(15(2,3)16)9-13(17-18)10-5-7-11(8-6-10)19(21)22/h5-9H,4,16H2,1-3H3. The van der Waals surface area contributed by atoms with Crippen molar-refractivity contribution >= 4 is 5.69 Å². The molecule has 1 heterocycles. The molecule has 1 aromatic carbocycles. The number of non-ortho nitro benzene ring substituents is 1. The molecule has 0 saturated heterocycles. The van der Waals surface area contributed by atoms with Gasteiger partial charge in [-0.3, -0.25) is 14.9 Å². The monoisotopic (exact) mass is 302 g/mol. The molecule has 0 unspecified atom stereocenters. The van der Waals surface area contributed by atoms with Crippen LogP contribution < -0.4 is 11.3 Å². The maximum absolute atomic E-state index is 12.3. The van der Waals surface area contributed by atoms with Crippen LogP contribution in [0.15, 0.2) is 35.1 Å². The van der Waals surface area contributed by atoms with Gasteiger partial charge in [-0.1, -0.05) is 0 Å². The van der Waals surface area contributed by atoms with E-state index in [1.54, 1.807) is 32.0 Å². The first kappa shape index (κ1) is 15.8. The molecule has 0 atom stereocenters. The number of aryl methyl sites for hydroxylation is 1. The van der Waals surface area contributed by atoms with E-state index in [1.807, 2.05) is 6.92 Å². The minimum absolute atomic E-state index is 0.00643. The van der Waals surface area contributed by atoms with Crippen molar-refractivity contribution in [1.29, 1.82) is 0 Å². The third-order valence-electron chi connectivity index (χ3n) is 3.34. The van der Waals surface area contributed by atoms with Gasteiger partial charge in [-0.2, -0.15) is 5.10 Å². The summed E-state index contributed by atoms with van der Waals surface area (Å²) in [6.45, 7) is 5.75. The van der Waals surface area contributed by atoms with Gasteiger partial charge in [-0.15, -0.1) is 0 Å². The van der Waals surface area contributed by atoms with Crippen molar-refractivity contribution in [2.45, 2.75) is 32.9 Å². The van der Waals surface area contributed by atoms with E-state index in [0.29, 0.717) is 23.4 Å². The predicted molar refractivity (Wildman–Crippen MR) is 83.5 cm³/mol. The highest BCUT2D eigenvalue weighted by Gasteiger charge is 2.21. The lowest BCUT2D eigenvalue weighted by molar-refractivity contribution is -0.384. The Morgan fingerprint density at radius 2 is 1.91 bits per heavy atom. The van der Waals surface area contributed by atoms with E-state index in [4.69, 9.17) is 5.73 Å². The van der Waals surface area contributed by atoms with E-state index in [0.717, 1.165) is 0 Å². The highest BCUT2D eigenvalue weighted by atomic mass is 16.6. The summed E-state index contributed by atoms with van der Waals surface area (Å²) in [5.41, 5.74) is 6.76. The molecule has 7 heteroatoms. The Labute approximate surface area is 127 Å². The van der Waals surface area contributed by atoms with Gasteiger partial charge >= 0.3 is 0 Å². The third kappa shape index (κ3) is 3.04. The zero-order chi connectivity index (χ0) is 16.5. The third-order valence-corrected chi connectivity index (χ3v) is 3.34. The number of aromatic nitrogens is 2. The van der Waals surface area contributed by atoms with E-state index in [1.165, 1.54) is 16.8 Å². The lowest BCUT2D eigenvalue weighted by Gasteiger charge is -2.20. The van der Waals surface area contributed by atoms with Gasteiger partial charge in [0.1, 0.15) is 0 Å². The van der Waals surface area contributed by atoms with Crippen LogP contribution in [0.5, 0.6) is 0 Å². The molecule has 22 heavy (non-hydrogen) atoms. The summed E-state index contributed by atoms with van der Waals surface area (Å²) in [6, 6.07) is 7.68. The van der Waals surface area contributed by atoms with Crippen LogP contribution in [0.25, 0.3) is 11.3 Å². The smallest absolute Gasteiger partial charge is 0.271 e. The Hall–Kier alpha value is -2.54. The molecular weight excluding hydrogens is 284 g/mol. The Balaban J connectivity index is 2.60. The molecule has 0 aliphatic heterocycles. The number of rotatable bonds is 4. The quantitative estimate of drug-likeness (QED) is 0.687. The van der Waals surface area contributed by atoms with Gasteiger partial charge in [0.25, 0.3) is 11.2 Å². The minimum Gasteiger partial charge on any atom is -0.322 e. The first-order valence-electron chi connectivity index (χ1n) is 6.90. The zero-order valence-electron chi connectivity index (χ0n) is 12.7. The molecule has 7 nitrogen and oxygen atoms in total. The van der Waals surface area contributed by atoms with Crippen LogP contribution in [-0.2, 0) is 12.1 Å². The largest absolute Gasteiger partial charge is 0.322 e. The molecule has 0 aliphatic rings. The molecule has 1 aromatic heterocycles. The van der Waals surface area contributed by atoms with Crippen molar-refractivity contribution < 1.29 is 4.92 Å². The van der Waals surface area contributed by atoms with Gasteiger partial charge in [-0.05, 0) is 39.0 Å². The average molecular weight is 302 g/mol. The SMILES string of the molecule is CCn1nc(-c2ccc([N+](=O)[O-])cc2)cc(C(C)(C)N)c1=O. The van der Waals surface area contributed by atoms with Gasteiger partial charge in [0, 0.05) is 35.3 Å². The van der Waals surface area contributed by atoms with E-state index in [-0.39, 0.29) is 11.2 Å². The van der Waals surface area contributed by atoms with Crippen LogP contribution >= 0.6 is 0 Å². The van der Waals surface area contributed by atoms with Crippen molar-refractivity contribution in [1.82, 2.24) is 9.78 Å². The van der Waals surface area contributed by atoms with Gasteiger partial charge in [0.05, 0.1) is 10.6 Å². The van der Waals surface area contributed by atoms with Crippen molar-refractivity contribution in [2.75, 3.05) is 0 Å². The number of hydrogen-bond donors (Lipinski definition) is 1. The van der Waals surface area contributed by atoms with Gasteiger partial charge < -0.3 is 5.73 Å². The minimum atomic E-state index is -0.799. The van der Waals surface area contributed by atoms with Crippen LogP contribution in [0, 0.1) is 10.1 Å². The summed E-state index contributed by atoms with van der Waals surface area (Å²) < 4.78 is 1.35. The summed E-state index contributed by atoms with van der Waals surface area (Å²) in [7, 11) is 0. The molecule has 0 spiro atoms. The van der Waals surface area contributed by atoms with Crippen LogP contribution in [0.1, 0.15) is 26.3 Å². The number of nitrogens with zero attached hydrogens (tertiary/aromatic N) is 3. The summed E-state index contributed by atoms with van der Waals surface area (Å²) in [4.78, 5) is 22.6. The second kappa shape index (κ2) is 5.69.